The lowest BCUT2D eigenvalue weighted by Crippen LogP contribution is -2.05. The number of primary amides is 1. The van der Waals surface area contributed by atoms with Crippen LogP contribution in [0.15, 0.2) is 54.9 Å². The van der Waals surface area contributed by atoms with Crippen molar-refractivity contribution in [3.8, 4) is 5.69 Å². The van der Waals surface area contributed by atoms with E-state index in [1.165, 1.54) is 6.08 Å². The van der Waals surface area contributed by atoms with Crippen LogP contribution in [0.3, 0.4) is 0 Å². The standard InChI is InChI=1S/C13H12N2O/c14-13(16)8-5-11-3-6-12(7-4-11)15-9-1-2-10-15/h1-10H,(H2,14,16)/b8-5-. The van der Waals surface area contributed by atoms with E-state index in [1.54, 1.807) is 6.08 Å². The second-order valence-electron chi connectivity index (χ2n) is 3.42. The van der Waals surface area contributed by atoms with Gasteiger partial charge in [0.2, 0.25) is 5.91 Å². The van der Waals surface area contributed by atoms with E-state index in [9.17, 15) is 4.79 Å². The predicted octanol–water partition coefficient (Wildman–Crippen LogP) is 1.98. The maximum absolute atomic E-state index is 10.6. The molecule has 1 aromatic carbocycles. The van der Waals surface area contributed by atoms with Crippen molar-refractivity contribution in [3.05, 3.63) is 60.4 Å². The largest absolute Gasteiger partial charge is 0.366 e. The summed E-state index contributed by atoms with van der Waals surface area (Å²) in [7, 11) is 0. The van der Waals surface area contributed by atoms with E-state index in [2.05, 4.69) is 0 Å². The lowest BCUT2D eigenvalue weighted by molar-refractivity contribution is -0.113. The molecular weight excluding hydrogens is 200 g/mol. The molecule has 3 nitrogen and oxygen atoms in total. The highest BCUT2D eigenvalue weighted by atomic mass is 16.1. The van der Waals surface area contributed by atoms with Gasteiger partial charge in [-0.3, -0.25) is 4.79 Å². The van der Waals surface area contributed by atoms with Crippen LogP contribution in [0.25, 0.3) is 11.8 Å². The number of nitrogens with two attached hydrogens (primary N) is 1. The first-order chi connectivity index (χ1) is 7.75. The van der Waals surface area contributed by atoms with Crippen LogP contribution in [0, 0.1) is 0 Å². The number of hydrogen-bond donors (Lipinski definition) is 1. The van der Waals surface area contributed by atoms with Gasteiger partial charge in [-0.15, -0.1) is 0 Å². The van der Waals surface area contributed by atoms with Crippen LogP contribution in [0.2, 0.25) is 0 Å². The second-order valence-corrected chi connectivity index (χ2v) is 3.42. The lowest BCUT2D eigenvalue weighted by Gasteiger charge is -2.02. The first kappa shape index (κ1) is 10.2. The van der Waals surface area contributed by atoms with Crippen molar-refractivity contribution in [1.82, 2.24) is 4.57 Å². The fraction of sp³-hybridized carbons (Fsp3) is 0. The minimum Gasteiger partial charge on any atom is -0.366 e. The summed E-state index contributed by atoms with van der Waals surface area (Å²) >= 11 is 0. The van der Waals surface area contributed by atoms with E-state index in [1.807, 2.05) is 53.4 Å². The van der Waals surface area contributed by atoms with E-state index in [4.69, 9.17) is 5.73 Å². The highest BCUT2D eigenvalue weighted by molar-refractivity contribution is 5.90. The van der Waals surface area contributed by atoms with E-state index >= 15 is 0 Å². The Hall–Kier alpha value is -2.29. The van der Waals surface area contributed by atoms with Gasteiger partial charge in [-0.2, -0.15) is 0 Å². The van der Waals surface area contributed by atoms with Gasteiger partial charge < -0.3 is 10.3 Å². The Morgan fingerprint density at radius 3 is 2.31 bits per heavy atom. The molecule has 0 fully saturated rings. The molecule has 0 aliphatic heterocycles. The van der Waals surface area contributed by atoms with Gasteiger partial charge in [0, 0.05) is 24.2 Å². The van der Waals surface area contributed by atoms with Crippen LogP contribution in [0.5, 0.6) is 0 Å². The summed E-state index contributed by atoms with van der Waals surface area (Å²) in [5.74, 6) is -0.436. The van der Waals surface area contributed by atoms with Crippen molar-refractivity contribution in [1.29, 1.82) is 0 Å². The molecule has 0 spiro atoms. The number of rotatable bonds is 3. The molecule has 80 valence electrons. The van der Waals surface area contributed by atoms with Gasteiger partial charge in [0.15, 0.2) is 0 Å². The molecule has 2 N–H and O–H groups in total. The molecular formula is C13H12N2O. The molecule has 0 saturated carbocycles. The Labute approximate surface area is 93.8 Å². The van der Waals surface area contributed by atoms with Crippen molar-refractivity contribution in [2.45, 2.75) is 0 Å². The molecule has 1 heterocycles. The minimum absolute atomic E-state index is 0.436. The number of hydrogen-bond acceptors (Lipinski definition) is 1. The first-order valence-electron chi connectivity index (χ1n) is 4.96. The van der Waals surface area contributed by atoms with E-state index in [0.29, 0.717) is 0 Å². The third kappa shape index (κ3) is 2.39. The van der Waals surface area contributed by atoms with Crippen molar-refractivity contribution in [2.75, 3.05) is 0 Å². The monoisotopic (exact) mass is 212 g/mol. The van der Waals surface area contributed by atoms with Crippen LogP contribution >= 0.6 is 0 Å². The number of amides is 1. The van der Waals surface area contributed by atoms with Gasteiger partial charge in [0.05, 0.1) is 0 Å². The molecule has 1 aromatic heterocycles. The minimum atomic E-state index is -0.436. The Kier molecular flexibility index (Phi) is 2.87. The maximum Gasteiger partial charge on any atom is 0.241 e. The van der Waals surface area contributed by atoms with Gasteiger partial charge in [0.25, 0.3) is 0 Å². The topological polar surface area (TPSA) is 48.0 Å². The van der Waals surface area contributed by atoms with Gasteiger partial charge in [-0.1, -0.05) is 12.1 Å². The Morgan fingerprint density at radius 1 is 1.12 bits per heavy atom. The van der Waals surface area contributed by atoms with Crippen molar-refractivity contribution in [2.24, 2.45) is 5.73 Å². The van der Waals surface area contributed by atoms with Crippen LogP contribution in [-0.2, 0) is 4.79 Å². The number of carbonyl (C=O) groups is 1. The van der Waals surface area contributed by atoms with Gasteiger partial charge in [-0.25, -0.2) is 0 Å². The third-order valence-electron chi connectivity index (χ3n) is 2.24. The average Bonchev–Trinajstić information content (AvgIpc) is 2.80. The number of benzene rings is 1. The Balaban J connectivity index is 2.20. The van der Waals surface area contributed by atoms with Gasteiger partial charge in [0.1, 0.15) is 0 Å². The van der Waals surface area contributed by atoms with Crippen molar-refractivity contribution >= 4 is 12.0 Å². The summed E-state index contributed by atoms with van der Waals surface area (Å²) < 4.78 is 2.02. The fourth-order valence-corrected chi connectivity index (χ4v) is 1.44. The summed E-state index contributed by atoms with van der Waals surface area (Å²) in [4.78, 5) is 10.6. The molecule has 0 bridgehead atoms. The summed E-state index contributed by atoms with van der Waals surface area (Å²) in [5.41, 5.74) is 7.06. The van der Waals surface area contributed by atoms with Gasteiger partial charge in [-0.05, 0) is 35.9 Å². The van der Waals surface area contributed by atoms with Crippen LogP contribution < -0.4 is 5.73 Å². The molecule has 0 aliphatic carbocycles. The maximum atomic E-state index is 10.6. The van der Waals surface area contributed by atoms with Crippen LogP contribution in [-0.4, -0.2) is 10.5 Å². The Bertz CT molecular complexity index is 495. The molecule has 1 amide bonds. The third-order valence-corrected chi connectivity index (χ3v) is 2.24. The second kappa shape index (κ2) is 4.49. The number of carbonyl (C=O) groups excluding carboxylic acids is 1. The molecule has 2 aromatic rings. The summed E-state index contributed by atoms with van der Waals surface area (Å²) in [6.45, 7) is 0. The zero-order valence-electron chi connectivity index (χ0n) is 8.71. The zero-order valence-corrected chi connectivity index (χ0v) is 8.71. The van der Waals surface area contributed by atoms with E-state index in [-0.39, 0.29) is 0 Å². The highest BCUT2D eigenvalue weighted by Crippen LogP contribution is 2.10. The molecule has 2 rings (SSSR count). The molecule has 0 aliphatic rings. The van der Waals surface area contributed by atoms with Crippen molar-refractivity contribution in [3.63, 3.8) is 0 Å². The van der Waals surface area contributed by atoms with Crippen LogP contribution in [0.1, 0.15) is 5.56 Å². The highest BCUT2D eigenvalue weighted by Gasteiger charge is 1.93. The summed E-state index contributed by atoms with van der Waals surface area (Å²) in [6.07, 6.45) is 7.01. The quantitative estimate of drug-likeness (QED) is 0.777. The molecule has 0 unspecified atom stereocenters. The normalized spacial score (nSPS) is 10.8. The molecule has 0 saturated heterocycles. The molecule has 0 atom stereocenters. The molecule has 0 radical (unpaired) electrons. The number of aromatic nitrogens is 1. The van der Waals surface area contributed by atoms with Crippen molar-refractivity contribution < 1.29 is 4.79 Å². The molecule has 16 heavy (non-hydrogen) atoms. The zero-order chi connectivity index (χ0) is 11.4. The summed E-state index contributed by atoms with van der Waals surface area (Å²) in [5, 5.41) is 0. The summed E-state index contributed by atoms with van der Waals surface area (Å²) in [6, 6.07) is 11.8. The van der Waals surface area contributed by atoms with Crippen LogP contribution in [0.4, 0.5) is 0 Å². The average molecular weight is 212 g/mol. The SMILES string of the molecule is NC(=O)/C=C\c1ccc(-n2cccc2)cc1. The lowest BCUT2D eigenvalue weighted by atomic mass is 10.2. The Morgan fingerprint density at radius 2 is 1.75 bits per heavy atom. The first-order valence-corrected chi connectivity index (χ1v) is 4.96. The molecule has 3 heteroatoms. The van der Waals surface area contributed by atoms with E-state index < -0.39 is 5.91 Å². The predicted molar refractivity (Wildman–Crippen MR) is 64.0 cm³/mol. The smallest absolute Gasteiger partial charge is 0.241 e. The van der Waals surface area contributed by atoms with Gasteiger partial charge >= 0.3 is 0 Å². The van der Waals surface area contributed by atoms with E-state index in [0.717, 1.165) is 11.3 Å². The number of nitrogens with zero attached hydrogens (tertiary/aromatic N) is 1. The fourth-order valence-electron chi connectivity index (χ4n) is 1.44.